The van der Waals surface area contributed by atoms with E-state index in [1.165, 1.54) is 4.57 Å². The number of nitrogens with one attached hydrogen (secondary N) is 1. The van der Waals surface area contributed by atoms with E-state index in [9.17, 15) is 9.59 Å². The molecule has 0 radical (unpaired) electrons. The van der Waals surface area contributed by atoms with Crippen LogP contribution in [0.4, 0.5) is 0 Å². The van der Waals surface area contributed by atoms with E-state index in [2.05, 4.69) is 4.98 Å². The summed E-state index contributed by atoms with van der Waals surface area (Å²) in [4.78, 5) is 27.8. The number of hydrogen-bond donors (Lipinski definition) is 1. The summed E-state index contributed by atoms with van der Waals surface area (Å²) in [6, 6.07) is 0. The molecule has 0 bridgehead atoms. The monoisotopic (exact) mass is 296 g/mol. The average molecular weight is 297 g/mol. The van der Waals surface area contributed by atoms with Gasteiger partial charge in [-0.3, -0.25) is 14.3 Å². The van der Waals surface area contributed by atoms with Crippen molar-refractivity contribution >= 4 is 11.6 Å². The van der Waals surface area contributed by atoms with Crippen LogP contribution in [-0.2, 0) is 5.54 Å². The van der Waals surface area contributed by atoms with Gasteiger partial charge >= 0.3 is 5.69 Å². The lowest BCUT2D eigenvalue weighted by molar-refractivity contribution is 0.302. The van der Waals surface area contributed by atoms with E-state index in [0.717, 1.165) is 51.4 Å². The van der Waals surface area contributed by atoms with E-state index >= 15 is 0 Å². The van der Waals surface area contributed by atoms with Crippen LogP contribution in [0.3, 0.4) is 0 Å². The fraction of sp³-hybridized carbons (Fsp3) is 0.733. The minimum Gasteiger partial charge on any atom is -0.297 e. The van der Waals surface area contributed by atoms with E-state index in [1.807, 2.05) is 6.92 Å². The molecule has 110 valence electrons. The predicted molar refractivity (Wildman–Crippen MR) is 79.7 cm³/mol. The number of nitrogens with zero attached hydrogens (tertiary/aromatic N) is 1. The number of rotatable bonds is 2. The molecule has 0 spiro atoms. The summed E-state index contributed by atoms with van der Waals surface area (Å²) >= 11 is 6.17. The molecule has 2 saturated carbocycles. The summed E-state index contributed by atoms with van der Waals surface area (Å²) in [5.74, 6) is 0.211. The van der Waals surface area contributed by atoms with E-state index in [1.54, 1.807) is 0 Å². The van der Waals surface area contributed by atoms with Crippen LogP contribution in [0.1, 0.15) is 69.8 Å². The largest absolute Gasteiger partial charge is 0.330 e. The predicted octanol–water partition coefficient (Wildman–Crippen LogP) is 3.14. The minimum atomic E-state index is -0.355. The molecule has 1 aromatic rings. The molecule has 1 N–H and O–H groups in total. The van der Waals surface area contributed by atoms with Crippen molar-refractivity contribution in [1.29, 1.82) is 0 Å². The van der Waals surface area contributed by atoms with Gasteiger partial charge in [0.2, 0.25) is 0 Å². The van der Waals surface area contributed by atoms with Gasteiger partial charge in [-0.25, -0.2) is 4.79 Å². The Bertz CT molecular complexity index is 620. The Balaban J connectivity index is 2.18. The van der Waals surface area contributed by atoms with Crippen LogP contribution < -0.4 is 11.2 Å². The third-order valence-electron chi connectivity index (χ3n) is 5.07. The molecule has 2 fully saturated rings. The van der Waals surface area contributed by atoms with Gasteiger partial charge in [-0.15, -0.1) is 0 Å². The lowest BCUT2D eigenvalue weighted by atomic mass is 9.97. The van der Waals surface area contributed by atoms with Crippen molar-refractivity contribution in [3.8, 4) is 0 Å². The molecule has 0 atom stereocenters. The zero-order chi connectivity index (χ0) is 14.3. The summed E-state index contributed by atoms with van der Waals surface area (Å²) in [5, 5.41) is 0.254. The Labute approximate surface area is 123 Å². The Kier molecular flexibility index (Phi) is 3.53. The zero-order valence-corrected chi connectivity index (χ0v) is 12.6. The topological polar surface area (TPSA) is 54.9 Å². The lowest BCUT2D eigenvalue weighted by Gasteiger charge is -2.27. The first-order valence-corrected chi connectivity index (χ1v) is 7.96. The molecule has 0 amide bonds. The van der Waals surface area contributed by atoms with Crippen LogP contribution in [0.15, 0.2) is 9.59 Å². The Hall–Kier alpha value is -1.03. The van der Waals surface area contributed by atoms with Crippen molar-refractivity contribution in [2.75, 3.05) is 0 Å². The second kappa shape index (κ2) is 5.06. The second-order valence-corrected chi connectivity index (χ2v) is 6.86. The fourth-order valence-corrected chi connectivity index (χ4v) is 4.26. The summed E-state index contributed by atoms with van der Waals surface area (Å²) in [5.41, 5.74) is -0.221. The van der Waals surface area contributed by atoms with Gasteiger partial charge < -0.3 is 0 Å². The van der Waals surface area contributed by atoms with Crippen LogP contribution in [0.5, 0.6) is 0 Å². The molecule has 4 nitrogen and oxygen atoms in total. The fourth-order valence-electron chi connectivity index (χ4n) is 3.94. The van der Waals surface area contributed by atoms with Gasteiger partial charge in [0, 0.05) is 5.54 Å². The van der Waals surface area contributed by atoms with E-state index in [0.29, 0.717) is 5.56 Å². The molecule has 0 unspecified atom stereocenters. The molecule has 2 aliphatic carbocycles. The summed E-state index contributed by atoms with van der Waals surface area (Å²) in [7, 11) is 0. The second-order valence-electron chi connectivity index (χ2n) is 6.48. The van der Waals surface area contributed by atoms with Gasteiger partial charge in [0.25, 0.3) is 5.56 Å². The zero-order valence-electron chi connectivity index (χ0n) is 11.9. The summed E-state index contributed by atoms with van der Waals surface area (Å²) in [6.07, 6.45) is 8.19. The molecule has 5 heteroatoms. The lowest BCUT2D eigenvalue weighted by Crippen LogP contribution is -2.48. The number of hydrogen-bond acceptors (Lipinski definition) is 2. The van der Waals surface area contributed by atoms with Gasteiger partial charge in [-0.2, -0.15) is 0 Å². The SMILES string of the molecule is CC1(n2c(=O)[nH]c(Cl)c(C3CCCC3)c2=O)CCCC1. The Morgan fingerprint density at radius 3 is 2.35 bits per heavy atom. The van der Waals surface area contributed by atoms with Crippen LogP contribution in [0.25, 0.3) is 0 Å². The third kappa shape index (κ3) is 2.14. The maximum Gasteiger partial charge on any atom is 0.330 e. The Morgan fingerprint density at radius 2 is 1.75 bits per heavy atom. The standard InChI is InChI=1S/C15H21ClN2O2/c1-15(8-4-5-9-15)18-13(19)11(10-6-2-3-7-10)12(16)17-14(18)20/h10H,2-9H2,1H3,(H,17,20). The molecule has 20 heavy (non-hydrogen) atoms. The Morgan fingerprint density at radius 1 is 1.15 bits per heavy atom. The molecule has 0 saturated heterocycles. The van der Waals surface area contributed by atoms with Gasteiger partial charge in [0.15, 0.2) is 0 Å². The van der Waals surface area contributed by atoms with Crippen molar-refractivity contribution in [2.24, 2.45) is 0 Å². The smallest absolute Gasteiger partial charge is 0.297 e. The molecule has 0 aromatic carbocycles. The number of H-pyrrole nitrogens is 1. The van der Waals surface area contributed by atoms with Crippen molar-refractivity contribution < 1.29 is 0 Å². The molecular weight excluding hydrogens is 276 g/mol. The third-order valence-corrected chi connectivity index (χ3v) is 5.37. The number of aromatic nitrogens is 2. The highest BCUT2D eigenvalue weighted by Crippen LogP contribution is 2.37. The first-order valence-electron chi connectivity index (χ1n) is 7.58. The van der Waals surface area contributed by atoms with Gasteiger partial charge in [0.05, 0.1) is 5.56 Å². The highest BCUT2D eigenvalue weighted by Gasteiger charge is 2.35. The van der Waals surface area contributed by atoms with E-state index in [-0.39, 0.29) is 27.9 Å². The van der Waals surface area contributed by atoms with Crippen molar-refractivity contribution in [1.82, 2.24) is 9.55 Å². The maximum atomic E-state index is 12.8. The van der Waals surface area contributed by atoms with Crippen molar-refractivity contribution in [2.45, 2.75) is 69.7 Å². The van der Waals surface area contributed by atoms with Crippen LogP contribution >= 0.6 is 11.6 Å². The van der Waals surface area contributed by atoms with E-state index < -0.39 is 0 Å². The van der Waals surface area contributed by atoms with Crippen molar-refractivity contribution in [3.63, 3.8) is 0 Å². The van der Waals surface area contributed by atoms with Crippen LogP contribution in [-0.4, -0.2) is 9.55 Å². The quantitative estimate of drug-likeness (QED) is 0.853. The minimum absolute atomic E-state index is 0.157. The number of aromatic amines is 1. The van der Waals surface area contributed by atoms with E-state index in [4.69, 9.17) is 11.6 Å². The van der Waals surface area contributed by atoms with Gasteiger partial charge in [-0.1, -0.05) is 37.3 Å². The molecule has 0 aliphatic heterocycles. The highest BCUT2D eigenvalue weighted by molar-refractivity contribution is 6.30. The molecule has 1 aromatic heterocycles. The summed E-state index contributed by atoms with van der Waals surface area (Å²) in [6.45, 7) is 2.02. The van der Waals surface area contributed by atoms with Crippen LogP contribution in [0, 0.1) is 0 Å². The first kappa shape index (κ1) is 13.9. The van der Waals surface area contributed by atoms with Gasteiger partial charge in [0.1, 0.15) is 5.15 Å². The average Bonchev–Trinajstić information content (AvgIpc) is 3.00. The molecule has 1 heterocycles. The molecular formula is C15H21ClN2O2. The summed E-state index contributed by atoms with van der Waals surface area (Å²) < 4.78 is 1.44. The molecule has 3 rings (SSSR count). The highest BCUT2D eigenvalue weighted by atomic mass is 35.5. The van der Waals surface area contributed by atoms with Gasteiger partial charge in [-0.05, 0) is 38.5 Å². The van der Waals surface area contributed by atoms with Crippen LogP contribution in [0.2, 0.25) is 5.15 Å². The molecule has 2 aliphatic rings. The van der Waals surface area contributed by atoms with Crippen molar-refractivity contribution in [3.05, 3.63) is 31.6 Å². The number of halogens is 1. The normalized spacial score (nSPS) is 22.5. The maximum absolute atomic E-state index is 12.8. The first-order chi connectivity index (χ1) is 9.53.